The molecule has 1 saturated heterocycles. The maximum Gasteiger partial charge on any atom is 0.303 e. The Morgan fingerprint density at radius 2 is 2.12 bits per heavy atom. The number of carboxylic acid groups (broad SMARTS) is 1. The Labute approximate surface area is 168 Å². The maximum atomic E-state index is 12.5. The van der Waals surface area contributed by atoms with E-state index in [4.69, 9.17) is 26.8 Å². The van der Waals surface area contributed by atoms with Crippen molar-refractivity contribution in [1.82, 2.24) is 4.90 Å². The van der Waals surface area contributed by atoms with Gasteiger partial charge in [-0.2, -0.15) is 0 Å². The van der Waals surface area contributed by atoms with Crippen LogP contribution in [-0.2, 0) is 9.59 Å². The molecule has 0 aromatic heterocycles. The first-order valence-corrected chi connectivity index (χ1v) is 9.56. The summed E-state index contributed by atoms with van der Waals surface area (Å²) in [6.45, 7) is 0.303. The summed E-state index contributed by atoms with van der Waals surface area (Å²) in [5.41, 5.74) is 0.799. The lowest BCUT2D eigenvalue weighted by atomic mass is 10.2. The molecule has 0 aliphatic carbocycles. The average molecular weight is 493 g/mol. The lowest BCUT2D eigenvalue weighted by Gasteiger charge is -2.13. The van der Waals surface area contributed by atoms with E-state index in [1.165, 1.54) is 16.7 Å². The van der Waals surface area contributed by atoms with Crippen molar-refractivity contribution in [2.45, 2.75) is 12.8 Å². The number of benzene rings is 1. The van der Waals surface area contributed by atoms with Crippen molar-refractivity contribution in [3.05, 3.63) is 26.2 Å². The zero-order chi connectivity index (χ0) is 18.6. The first kappa shape index (κ1) is 20.0. The molecule has 0 radical (unpaired) electrons. The second-order valence-electron chi connectivity index (χ2n) is 5.07. The van der Waals surface area contributed by atoms with Gasteiger partial charge >= 0.3 is 5.97 Å². The van der Waals surface area contributed by atoms with Crippen LogP contribution in [-0.4, -0.2) is 47.0 Å². The number of carbonyl (C=O) groups is 2. The third kappa shape index (κ3) is 4.85. The summed E-state index contributed by atoms with van der Waals surface area (Å²) in [6.07, 6.45) is 2.12. The summed E-state index contributed by atoms with van der Waals surface area (Å²) >= 11 is 8.59. The highest BCUT2D eigenvalue weighted by Crippen LogP contribution is 2.37. The van der Waals surface area contributed by atoms with Crippen LogP contribution in [0.3, 0.4) is 0 Å². The van der Waals surface area contributed by atoms with E-state index in [9.17, 15) is 9.59 Å². The van der Waals surface area contributed by atoms with Crippen molar-refractivity contribution in [2.24, 2.45) is 0 Å². The number of thioether (sulfide) groups is 1. The highest BCUT2D eigenvalue weighted by atomic mass is 127. The molecule has 1 heterocycles. The Hall–Kier alpha value is -1.33. The van der Waals surface area contributed by atoms with E-state index in [0.29, 0.717) is 33.7 Å². The van der Waals surface area contributed by atoms with Crippen LogP contribution >= 0.6 is 46.6 Å². The third-order valence-corrected chi connectivity index (χ3v) is 5.58. The van der Waals surface area contributed by atoms with E-state index >= 15 is 0 Å². The zero-order valence-electron chi connectivity index (χ0n) is 13.6. The summed E-state index contributed by atoms with van der Waals surface area (Å²) in [7, 11) is 3.13. The molecule has 25 heavy (non-hydrogen) atoms. The molecular weight excluding hydrogens is 477 g/mol. The number of amides is 1. The number of nitrogens with zero attached hydrogens (tertiary/aromatic N) is 1. The summed E-state index contributed by atoms with van der Waals surface area (Å²) in [4.78, 5) is 25.1. The highest BCUT2D eigenvalue weighted by molar-refractivity contribution is 14.1. The van der Waals surface area contributed by atoms with Crippen LogP contribution < -0.4 is 9.47 Å². The van der Waals surface area contributed by atoms with Crippen LogP contribution in [0.4, 0.5) is 0 Å². The van der Waals surface area contributed by atoms with Crippen molar-refractivity contribution in [3.8, 4) is 11.5 Å². The summed E-state index contributed by atoms with van der Waals surface area (Å²) in [5.74, 6) is 0.130. The van der Waals surface area contributed by atoms with Gasteiger partial charge in [0, 0.05) is 13.0 Å². The van der Waals surface area contributed by atoms with Gasteiger partial charge in [0.05, 0.1) is 22.7 Å². The van der Waals surface area contributed by atoms with E-state index in [1.54, 1.807) is 26.4 Å². The molecule has 6 nitrogen and oxygen atoms in total. The highest BCUT2D eigenvalue weighted by Gasteiger charge is 2.31. The van der Waals surface area contributed by atoms with E-state index in [-0.39, 0.29) is 12.3 Å². The third-order valence-electron chi connectivity index (χ3n) is 3.40. The van der Waals surface area contributed by atoms with Gasteiger partial charge < -0.3 is 14.6 Å². The molecular formula is C16H16INO5S2. The number of aliphatic carboxylic acids is 1. The van der Waals surface area contributed by atoms with Crippen LogP contribution in [0.5, 0.6) is 11.5 Å². The van der Waals surface area contributed by atoms with Gasteiger partial charge in [0.15, 0.2) is 11.5 Å². The largest absolute Gasteiger partial charge is 0.493 e. The molecule has 1 aliphatic heterocycles. The number of carboxylic acids is 1. The first-order chi connectivity index (χ1) is 11.9. The monoisotopic (exact) mass is 493 g/mol. The normalized spacial score (nSPS) is 15.8. The molecule has 1 amide bonds. The minimum atomic E-state index is -0.888. The number of hydrogen-bond donors (Lipinski definition) is 1. The van der Waals surface area contributed by atoms with Gasteiger partial charge in [0.25, 0.3) is 5.91 Å². The molecule has 1 aromatic rings. The summed E-state index contributed by atoms with van der Waals surface area (Å²) in [5, 5.41) is 8.71. The molecule has 1 aromatic carbocycles. The molecule has 0 bridgehead atoms. The number of methoxy groups -OCH3 is 2. The first-order valence-electron chi connectivity index (χ1n) is 7.26. The molecule has 0 spiro atoms. The smallest absolute Gasteiger partial charge is 0.303 e. The van der Waals surface area contributed by atoms with Crippen LogP contribution in [0.15, 0.2) is 17.0 Å². The molecule has 0 saturated carbocycles. The minimum Gasteiger partial charge on any atom is -0.493 e. The lowest BCUT2D eigenvalue weighted by molar-refractivity contribution is -0.137. The van der Waals surface area contributed by atoms with Crippen molar-refractivity contribution in [2.75, 3.05) is 20.8 Å². The summed E-state index contributed by atoms with van der Waals surface area (Å²) in [6, 6.07) is 3.68. The number of halogens is 1. The van der Waals surface area contributed by atoms with E-state index < -0.39 is 5.97 Å². The molecule has 1 N–H and O–H groups in total. The predicted molar refractivity (Wildman–Crippen MR) is 109 cm³/mol. The molecule has 1 fully saturated rings. The molecule has 0 atom stereocenters. The van der Waals surface area contributed by atoms with Crippen molar-refractivity contribution in [3.63, 3.8) is 0 Å². The standard InChI is InChI=1S/C16H16INO5S2/c1-22-11-7-9(6-10(17)14(11)23-2)8-12-15(21)18(16(24)25-12)5-3-4-13(19)20/h6-8H,3-5H2,1-2H3,(H,19,20)/b12-8-. The molecule has 9 heteroatoms. The Morgan fingerprint density at radius 3 is 2.72 bits per heavy atom. The molecule has 2 rings (SSSR count). The fourth-order valence-electron chi connectivity index (χ4n) is 2.25. The lowest BCUT2D eigenvalue weighted by Crippen LogP contribution is -2.29. The van der Waals surface area contributed by atoms with Crippen LogP contribution in [0, 0.1) is 3.57 Å². The van der Waals surface area contributed by atoms with Gasteiger partial charge in [-0.05, 0) is 52.8 Å². The average Bonchev–Trinajstić information content (AvgIpc) is 2.81. The van der Waals surface area contributed by atoms with Crippen molar-refractivity contribution < 1.29 is 24.2 Å². The van der Waals surface area contributed by atoms with Gasteiger partial charge in [-0.1, -0.05) is 24.0 Å². The molecule has 1 aliphatic rings. The Bertz CT molecular complexity index is 750. The number of ether oxygens (including phenoxy) is 2. The maximum absolute atomic E-state index is 12.5. The second kappa shape index (κ2) is 8.86. The van der Waals surface area contributed by atoms with Crippen molar-refractivity contribution >= 4 is 68.8 Å². The van der Waals surface area contributed by atoms with E-state index in [2.05, 4.69) is 22.6 Å². The molecule has 134 valence electrons. The zero-order valence-corrected chi connectivity index (χ0v) is 17.4. The van der Waals surface area contributed by atoms with Gasteiger partial charge in [-0.15, -0.1) is 0 Å². The van der Waals surface area contributed by atoms with Crippen LogP contribution in [0.1, 0.15) is 18.4 Å². The topological polar surface area (TPSA) is 76.1 Å². The Kier molecular flexibility index (Phi) is 7.08. The fraction of sp³-hybridized carbons (Fsp3) is 0.312. The van der Waals surface area contributed by atoms with Gasteiger partial charge in [0.2, 0.25) is 0 Å². The number of rotatable bonds is 7. The molecule has 0 unspecified atom stereocenters. The number of hydrogen-bond acceptors (Lipinski definition) is 6. The second-order valence-corrected chi connectivity index (χ2v) is 7.91. The van der Waals surface area contributed by atoms with E-state index in [1.807, 2.05) is 6.07 Å². The van der Waals surface area contributed by atoms with E-state index in [0.717, 1.165) is 9.13 Å². The predicted octanol–water partition coefficient (Wildman–Crippen LogP) is 3.37. The fourth-order valence-corrected chi connectivity index (χ4v) is 4.41. The van der Waals surface area contributed by atoms with Crippen LogP contribution in [0.2, 0.25) is 0 Å². The summed E-state index contributed by atoms with van der Waals surface area (Å²) < 4.78 is 11.9. The SMILES string of the molecule is COc1cc(/C=C2\SC(=S)N(CCCC(=O)O)C2=O)cc(I)c1OC. The number of carbonyl (C=O) groups excluding carboxylic acids is 1. The number of thiocarbonyl (C=S) groups is 1. The van der Waals surface area contributed by atoms with Gasteiger partial charge in [-0.3, -0.25) is 14.5 Å². The minimum absolute atomic E-state index is 0.00395. The van der Waals surface area contributed by atoms with Gasteiger partial charge in [-0.25, -0.2) is 0 Å². The quantitative estimate of drug-likeness (QED) is 0.355. The Balaban J connectivity index is 2.21. The van der Waals surface area contributed by atoms with Crippen molar-refractivity contribution in [1.29, 1.82) is 0 Å². The van der Waals surface area contributed by atoms with Crippen LogP contribution in [0.25, 0.3) is 6.08 Å². The van der Waals surface area contributed by atoms with Gasteiger partial charge in [0.1, 0.15) is 4.32 Å². The Morgan fingerprint density at radius 1 is 1.40 bits per heavy atom.